The molecule has 0 bridgehead atoms. The summed E-state index contributed by atoms with van der Waals surface area (Å²) < 4.78 is 5.66. The van der Waals surface area contributed by atoms with E-state index in [4.69, 9.17) is 4.74 Å². The quantitative estimate of drug-likeness (QED) is 0.853. The molecule has 0 spiro atoms. The molecule has 0 aliphatic carbocycles. The van der Waals surface area contributed by atoms with Crippen molar-refractivity contribution in [3.8, 4) is 0 Å². The molecule has 1 aliphatic rings. The van der Waals surface area contributed by atoms with Crippen LogP contribution in [0.3, 0.4) is 0 Å². The van der Waals surface area contributed by atoms with Crippen LogP contribution in [0.25, 0.3) is 0 Å². The Bertz CT molecular complexity index is 388. The molecule has 19 heavy (non-hydrogen) atoms. The number of hydrogen-bond acceptors (Lipinski definition) is 3. The summed E-state index contributed by atoms with van der Waals surface area (Å²) in [5.41, 5.74) is 0.808. The van der Waals surface area contributed by atoms with E-state index in [2.05, 4.69) is 10.6 Å². The molecule has 0 radical (unpaired) electrons. The summed E-state index contributed by atoms with van der Waals surface area (Å²) >= 11 is 0. The van der Waals surface area contributed by atoms with Gasteiger partial charge < -0.3 is 15.4 Å². The van der Waals surface area contributed by atoms with Gasteiger partial charge in [-0.1, -0.05) is 18.2 Å². The van der Waals surface area contributed by atoms with Crippen LogP contribution in [-0.4, -0.2) is 31.7 Å². The number of rotatable bonds is 5. The highest BCUT2D eigenvalue weighted by Gasteiger charge is 2.18. The second kappa shape index (κ2) is 7.26. The van der Waals surface area contributed by atoms with Crippen LogP contribution in [0.1, 0.15) is 19.8 Å². The Morgan fingerprint density at radius 2 is 2.26 bits per heavy atom. The fourth-order valence-corrected chi connectivity index (χ4v) is 2.19. The number of carbonyl (C=O) groups excluding carboxylic acids is 1. The SMILES string of the molecule is CC(OCC1CCCNC1)C(=O)Nc1ccccc1. The molecule has 2 N–H and O–H groups in total. The summed E-state index contributed by atoms with van der Waals surface area (Å²) in [4.78, 5) is 11.9. The molecule has 1 amide bonds. The van der Waals surface area contributed by atoms with E-state index in [0.29, 0.717) is 12.5 Å². The van der Waals surface area contributed by atoms with E-state index in [1.54, 1.807) is 6.92 Å². The Kier molecular flexibility index (Phi) is 5.36. The molecule has 0 aromatic heterocycles. The van der Waals surface area contributed by atoms with Gasteiger partial charge in [-0.05, 0) is 44.4 Å². The van der Waals surface area contributed by atoms with Gasteiger partial charge in [0, 0.05) is 12.2 Å². The Balaban J connectivity index is 1.73. The summed E-state index contributed by atoms with van der Waals surface area (Å²) in [6, 6.07) is 9.46. The molecule has 1 aromatic rings. The first-order valence-electron chi connectivity index (χ1n) is 6.94. The second-order valence-electron chi connectivity index (χ2n) is 5.04. The zero-order valence-electron chi connectivity index (χ0n) is 11.4. The van der Waals surface area contributed by atoms with Crippen molar-refractivity contribution in [3.05, 3.63) is 30.3 Å². The average Bonchev–Trinajstić information content (AvgIpc) is 2.47. The van der Waals surface area contributed by atoms with Crippen molar-refractivity contribution in [2.24, 2.45) is 5.92 Å². The van der Waals surface area contributed by atoms with E-state index in [0.717, 1.165) is 18.8 Å². The molecule has 2 rings (SSSR count). The maximum Gasteiger partial charge on any atom is 0.253 e. The minimum atomic E-state index is -0.415. The smallest absolute Gasteiger partial charge is 0.253 e. The molecule has 1 fully saturated rings. The lowest BCUT2D eigenvalue weighted by atomic mass is 10.0. The number of para-hydroxylation sites is 1. The summed E-state index contributed by atoms with van der Waals surface area (Å²) in [6.07, 6.45) is 1.96. The van der Waals surface area contributed by atoms with Crippen LogP contribution in [0, 0.1) is 5.92 Å². The molecule has 1 heterocycles. The summed E-state index contributed by atoms with van der Waals surface area (Å²) in [5, 5.41) is 6.20. The summed E-state index contributed by atoms with van der Waals surface area (Å²) in [7, 11) is 0. The number of nitrogens with one attached hydrogen (secondary N) is 2. The maximum absolute atomic E-state index is 11.9. The predicted molar refractivity (Wildman–Crippen MR) is 76.1 cm³/mol. The third-order valence-electron chi connectivity index (χ3n) is 3.39. The minimum Gasteiger partial charge on any atom is -0.368 e. The van der Waals surface area contributed by atoms with Crippen LogP contribution in [0.5, 0.6) is 0 Å². The van der Waals surface area contributed by atoms with Crippen molar-refractivity contribution in [2.75, 3.05) is 25.0 Å². The molecule has 0 saturated carbocycles. The lowest BCUT2D eigenvalue weighted by Crippen LogP contribution is -2.35. The standard InChI is InChI=1S/C15H22N2O2/c1-12(19-11-13-6-5-9-16-10-13)15(18)17-14-7-3-2-4-8-14/h2-4,7-8,12-13,16H,5-6,9-11H2,1H3,(H,17,18). The molecule has 4 nitrogen and oxygen atoms in total. The van der Waals surface area contributed by atoms with Crippen molar-refractivity contribution < 1.29 is 9.53 Å². The van der Waals surface area contributed by atoms with Crippen molar-refractivity contribution in [1.82, 2.24) is 5.32 Å². The Hall–Kier alpha value is -1.39. The van der Waals surface area contributed by atoms with Crippen LogP contribution in [0.2, 0.25) is 0 Å². The molecule has 1 aromatic carbocycles. The fraction of sp³-hybridized carbons (Fsp3) is 0.533. The van der Waals surface area contributed by atoms with Crippen LogP contribution in [0.15, 0.2) is 30.3 Å². The van der Waals surface area contributed by atoms with Gasteiger partial charge in [0.15, 0.2) is 0 Å². The molecule has 2 atom stereocenters. The van der Waals surface area contributed by atoms with Gasteiger partial charge in [-0.25, -0.2) is 0 Å². The van der Waals surface area contributed by atoms with Crippen LogP contribution < -0.4 is 10.6 Å². The van der Waals surface area contributed by atoms with Gasteiger partial charge in [-0.2, -0.15) is 0 Å². The van der Waals surface area contributed by atoms with Crippen LogP contribution in [-0.2, 0) is 9.53 Å². The van der Waals surface area contributed by atoms with Gasteiger partial charge in [0.2, 0.25) is 0 Å². The molecule has 4 heteroatoms. The highest BCUT2D eigenvalue weighted by Crippen LogP contribution is 2.12. The van der Waals surface area contributed by atoms with Crippen molar-refractivity contribution in [3.63, 3.8) is 0 Å². The third kappa shape index (κ3) is 4.65. The second-order valence-corrected chi connectivity index (χ2v) is 5.04. The summed E-state index contributed by atoms with van der Waals surface area (Å²) in [6.45, 7) is 4.54. The van der Waals surface area contributed by atoms with Crippen molar-refractivity contribution >= 4 is 11.6 Å². The number of amides is 1. The van der Waals surface area contributed by atoms with Crippen LogP contribution >= 0.6 is 0 Å². The van der Waals surface area contributed by atoms with Gasteiger partial charge in [0.25, 0.3) is 5.91 Å². The number of carbonyl (C=O) groups is 1. The minimum absolute atomic E-state index is 0.0880. The van der Waals surface area contributed by atoms with E-state index >= 15 is 0 Å². The normalized spacial score (nSPS) is 20.8. The first-order valence-corrected chi connectivity index (χ1v) is 6.94. The Morgan fingerprint density at radius 3 is 2.95 bits per heavy atom. The first kappa shape index (κ1) is 14.0. The number of piperidine rings is 1. The molecular weight excluding hydrogens is 240 g/mol. The number of anilines is 1. The molecule has 104 valence electrons. The first-order chi connectivity index (χ1) is 9.25. The highest BCUT2D eigenvalue weighted by molar-refractivity contribution is 5.93. The van der Waals surface area contributed by atoms with E-state index < -0.39 is 6.10 Å². The highest BCUT2D eigenvalue weighted by atomic mass is 16.5. The zero-order valence-corrected chi connectivity index (χ0v) is 11.4. The van der Waals surface area contributed by atoms with E-state index in [1.165, 1.54) is 12.8 Å². The molecule has 1 aliphatic heterocycles. The van der Waals surface area contributed by atoms with Crippen molar-refractivity contribution in [1.29, 1.82) is 0 Å². The van der Waals surface area contributed by atoms with E-state index in [1.807, 2.05) is 30.3 Å². The average molecular weight is 262 g/mol. The van der Waals surface area contributed by atoms with Crippen molar-refractivity contribution in [2.45, 2.75) is 25.9 Å². The Labute approximate surface area is 114 Å². The lowest BCUT2D eigenvalue weighted by Gasteiger charge is -2.24. The van der Waals surface area contributed by atoms with E-state index in [-0.39, 0.29) is 5.91 Å². The molecular formula is C15H22N2O2. The lowest BCUT2D eigenvalue weighted by molar-refractivity contribution is -0.127. The number of benzene rings is 1. The van der Waals surface area contributed by atoms with E-state index in [9.17, 15) is 4.79 Å². The molecule has 1 saturated heterocycles. The number of hydrogen-bond donors (Lipinski definition) is 2. The predicted octanol–water partition coefficient (Wildman–Crippen LogP) is 2.03. The monoisotopic (exact) mass is 262 g/mol. The van der Waals surface area contributed by atoms with Gasteiger partial charge in [-0.15, -0.1) is 0 Å². The number of ether oxygens (including phenoxy) is 1. The van der Waals surface area contributed by atoms with Gasteiger partial charge in [0.05, 0.1) is 6.61 Å². The largest absolute Gasteiger partial charge is 0.368 e. The molecule has 2 unspecified atom stereocenters. The topological polar surface area (TPSA) is 50.4 Å². The third-order valence-corrected chi connectivity index (χ3v) is 3.39. The van der Waals surface area contributed by atoms with Gasteiger partial charge in [0.1, 0.15) is 6.10 Å². The Morgan fingerprint density at radius 1 is 1.47 bits per heavy atom. The van der Waals surface area contributed by atoms with Crippen LogP contribution in [0.4, 0.5) is 5.69 Å². The van der Waals surface area contributed by atoms with Gasteiger partial charge >= 0.3 is 0 Å². The fourth-order valence-electron chi connectivity index (χ4n) is 2.19. The summed E-state index contributed by atoms with van der Waals surface area (Å²) in [5.74, 6) is 0.440. The zero-order chi connectivity index (χ0) is 13.5. The van der Waals surface area contributed by atoms with Gasteiger partial charge in [-0.3, -0.25) is 4.79 Å². The maximum atomic E-state index is 11.9.